The van der Waals surface area contributed by atoms with Crippen molar-refractivity contribution in [3.8, 4) is 0 Å². The zero-order valence-corrected chi connectivity index (χ0v) is 31.5. The van der Waals surface area contributed by atoms with Crippen LogP contribution in [0.1, 0.15) is 77.3 Å². The molecule has 4 rings (SSSR count). The number of carbonyl (C=O) groups excluding carboxylic acids is 4. The molecule has 4 aromatic rings. The Balaban J connectivity index is 1.74. The number of aliphatic hydroxyl groups excluding tert-OH is 1. The molecule has 0 radical (unpaired) electrons. The number of primary amides is 1. The van der Waals surface area contributed by atoms with Crippen LogP contribution in [0.15, 0.2) is 84.9 Å². The van der Waals surface area contributed by atoms with Crippen LogP contribution in [-0.4, -0.2) is 69.1 Å². The fraction of sp³-hybridized carbons (Fsp3) is 0.442. The molecule has 4 atom stereocenters. The molecule has 7 N–H and O–H groups in total. The number of aliphatic hydroxyl groups is 2. The minimum absolute atomic E-state index is 0.0226. The molecule has 0 aliphatic rings. The van der Waals surface area contributed by atoms with Crippen LogP contribution in [0.3, 0.4) is 0 Å². The van der Waals surface area contributed by atoms with Crippen LogP contribution in [0, 0.1) is 11.8 Å². The maximum absolute atomic E-state index is 14.6. The molecule has 4 aromatic carbocycles. The number of fused-ring (bicyclic) bond motifs is 2. The van der Waals surface area contributed by atoms with Gasteiger partial charge in [-0.3, -0.25) is 24.1 Å². The molecule has 0 bridgehead atoms. The van der Waals surface area contributed by atoms with E-state index in [1.807, 2.05) is 84.9 Å². The summed E-state index contributed by atoms with van der Waals surface area (Å²) < 4.78 is 0. The third kappa shape index (κ3) is 10.7. The number of nitrogens with two attached hydrogens (primary N) is 2. The van der Waals surface area contributed by atoms with Crippen LogP contribution < -0.4 is 16.8 Å². The second-order valence-corrected chi connectivity index (χ2v) is 14.9. The molecule has 10 heteroatoms. The van der Waals surface area contributed by atoms with Gasteiger partial charge in [-0.2, -0.15) is 0 Å². The lowest BCUT2D eigenvalue weighted by atomic mass is 9.87. The zero-order chi connectivity index (χ0) is 38.7. The number of hydrogen-bond acceptors (Lipinski definition) is 7. The number of unbranched alkanes of at least 4 members (excludes halogenated alkanes) is 1. The maximum atomic E-state index is 14.6. The van der Waals surface area contributed by atoms with E-state index in [0.717, 1.165) is 50.4 Å². The highest BCUT2D eigenvalue weighted by atomic mass is 16.3. The number of nitrogens with zero attached hydrogens (tertiary/aromatic N) is 1. The molecule has 53 heavy (non-hydrogen) atoms. The molecule has 0 saturated heterocycles. The molecule has 284 valence electrons. The van der Waals surface area contributed by atoms with Gasteiger partial charge in [-0.25, -0.2) is 0 Å². The van der Waals surface area contributed by atoms with Gasteiger partial charge in [-0.15, -0.1) is 0 Å². The van der Waals surface area contributed by atoms with E-state index in [4.69, 9.17) is 11.5 Å². The van der Waals surface area contributed by atoms with Crippen molar-refractivity contribution in [3.05, 3.63) is 96.1 Å². The lowest BCUT2D eigenvalue weighted by Crippen LogP contribution is -2.65. The van der Waals surface area contributed by atoms with Crippen LogP contribution in [0.5, 0.6) is 0 Å². The molecule has 0 fully saturated rings. The van der Waals surface area contributed by atoms with E-state index < -0.39 is 59.9 Å². The first-order chi connectivity index (χ1) is 25.2. The van der Waals surface area contributed by atoms with Crippen molar-refractivity contribution >= 4 is 45.2 Å². The molecule has 4 amide bonds. The summed E-state index contributed by atoms with van der Waals surface area (Å²) in [4.78, 5) is 56.1. The fourth-order valence-electron chi connectivity index (χ4n) is 6.96. The Morgan fingerprint density at radius 3 is 1.79 bits per heavy atom. The highest BCUT2D eigenvalue weighted by Crippen LogP contribution is 2.28. The highest BCUT2D eigenvalue weighted by molar-refractivity contribution is 6.00. The molecule has 0 spiro atoms. The Hall–Kier alpha value is -4.64. The summed E-state index contributed by atoms with van der Waals surface area (Å²) in [6.07, 6.45) is 2.32. The van der Waals surface area contributed by atoms with Gasteiger partial charge in [0.05, 0.1) is 18.2 Å². The maximum Gasteiger partial charge on any atom is 0.252 e. The summed E-state index contributed by atoms with van der Waals surface area (Å²) in [5.74, 6) is -2.83. The highest BCUT2D eigenvalue weighted by Gasteiger charge is 2.45. The summed E-state index contributed by atoms with van der Waals surface area (Å²) in [5, 5.41) is 29.0. The van der Waals surface area contributed by atoms with Gasteiger partial charge in [0.25, 0.3) is 5.91 Å². The first-order valence-corrected chi connectivity index (χ1v) is 18.7. The zero-order valence-electron chi connectivity index (χ0n) is 31.5. The van der Waals surface area contributed by atoms with Gasteiger partial charge in [-0.1, -0.05) is 112 Å². The quantitative estimate of drug-likeness (QED) is 0.0829. The van der Waals surface area contributed by atoms with Crippen molar-refractivity contribution in [1.29, 1.82) is 0 Å². The number of nitrogens with one attached hydrogen (secondary N) is 1. The fourth-order valence-corrected chi connectivity index (χ4v) is 6.96. The summed E-state index contributed by atoms with van der Waals surface area (Å²) in [5.41, 5.74) is 11.7. The van der Waals surface area contributed by atoms with Crippen molar-refractivity contribution < 1.29 is 29.4 Å². The van der Waals surface area contributed by atoms with Gasteiger partial charge in [0.2, 0.25) is 17.7 Å². The van der Waals surface area contributed by atoms with Crippen molar-refractivity contribution in [3.63, 3.8) is 0 Å². The predicted molar refractivity (Wildman–Crippen MR) is 209 cm³/mol. The summed E-state index contributed by atoms with van der Waals surface area (Å²) in [6, 6.07) is 24.1. The topological polar surface area (TPSA) is 176 Å². The lowest BCUT2D eigenvalue weighted by Gasteiger charge is -2.42. The molecule has 10 nitrogen and oxygen atoms in total. The molecule has 0 aliphatic carbocycles. The minimum Gasteiger partial charge on any atom is -0.394 e. The van der Waals surface area contributed by atoms with Gasteiger partial charge in [0, 0.05) is 24.8 Å². The van der Waals surface area contributed by atoms with Gasteiger partial charge >= 0.3 is 0 Å². The molecule has 0 aliphatic heterocycles. The van der Waals surface area contributed by atoms with Gasteiger partial charge in [0.1, 0.15) is 6.04 Å². The Morgan fingerprint density at radius 1 is 0.774 bits per heavy atom. The van der Waals surface area contributed by atoms with E-state index >= 15 is 0 Å². The molecular weight excluding hydrogens is 668 g/mol. The SMILES string of the molecule is CC(C)CCCCC(=O)N(C(=O)[C@H](CCC(N)=O)NC(=O)C(Cc1cccc2ccccc12)Cc1cccc2ccccc12)[C@H](CO)[C@@](C)(O)[C@H](C)N. The number of imide groups is 1. The molecule has 0 aromatic heterocycles. The standard InChI is InChI=1S/C43H56N4O6/c1-28(2)13-5-10-22-40(50)47(38(27-48)43(4,53)29(3)44)42(52)37(23-24-39(45)49)46-41(51)34(25-32-18-11-16-30-14-6-8-20-35(30)32)26-33-19-12-17-31-15-7-9-21-36(31)33/h6-9,11-12,14-21,28-29,34,37-38,48,53H,5,10,13,22-27,44H2,1-4H3,(H2,45,49)(H,46,51)/t29-,37-,38+,43-/m0/s1. The Kier molecular flexibility index (Phi) is 14.7. The number of carbonyl (C=O) groups is 4. The van der Waals surface area contributed by atoms with E-state index in [1.54, 1.807) is 0 Å². The van der Waals surface area contributed by atoms with Crippen LogP contribution in [0.4, 0.5) is 0 Å². The first-order valence-electron chi connectivity index (χ1n) is 18.7. The van der Waals surface area contributed by atoms with Crippen molar-refractivity contribution in [1.82, 2.24) is 10.2 Å². The Labute approximate surface area is 312 Å². The Bertz CT molecular complexity index is 1780. The van der Waals surface area contributed by atoms with Gasteiger partial charge in [0.15, 0.2) is 0 Å². The first kappa shape index (κ1) is 41.1. The minimum atomic E-state index is -1.87. The number of benzene rings is 4. The number of amides is 4. The molecular formula is C43H56N4O6. The van der Waals surface area contributed by atoms with E-state index in [-0.39, 0.29) is 19.3 Å². The van der Waals surface area contributed by atoms with E-state index in [9.17, 15) is 29.4 Å². The van der Waals surface area contributed by atoms with E-state index in [0.29, 0.717) is 25.2 Å². The smallest absolute Gasteiger partial charge is 0.252 e. The Morgan fingerprint density at radius 2 is 1.30 bits per heavy atom. The summed E-state index contributed by atoms with van der Waals surface area (Å²) >= 11 is 0. The van der Waals surface area contributed by atoms with Gasteiger partial charge in [-0.05, 0) is 78.1 Å². The van der Waals surface area contributed by atoms with E-state index in [1.165, 1.54) is 13.8 Å². The van der Waals surface area contributed by atoms with Crippen LogP contribution in [-0.2, 0) is 32.0 Å². The molecule has 0 saturated carbocycles. The second kappa shape index (κ2) is 18.9. The average Bonchev–Trinajstić information content (AvgIpc) is 3.13. The predicted octanol–water partition coefficient (Wildman–Crippen LogP) is 5.18. The van der Waals surface area contributed by atoms with Crippen LogP contribution >= 0.6 is 0 Å². The monoisotopic (exact) mass is 724 g/mol. The lowest BCUT2D eigenvalue weighted by molar-refractivity contribution is -0.160. The largest absolute Gasteiger partial charge is 0.394 e. The summed E-state index contributed by atoms with van der Waals surface area (Å²) in [7, 11) is 0. The van der Waals surface area contributed by atoms with Gasteiger partial charge < -0.3 is 27.0 Å². The normalized spacial score (nSPS) is 14.5. The van der Waals surface area contributed by atoms with Crippen molar-refractivity contribution in [2.75, 3.05) is 6.61 Å². The number of hydrogen-bond donors (Lipinski definition) is 5. The number of rotatable bonds is 19. The molecule has 0 unspecified atom stereocenters. The van der Waals surface area contributed by atoms with E-state index in [2.05, 4.69) is 19.2 Å². The van der Waals surface area contributed by atoms with Crippen molar-refractivity contribution in [2.45, 2.75) is 103 Å². The van der Waals surface area contributed by atoms with Crippen molar-refractivity contribution in [2.24, 2.45) is 23.3 Å². The third-order valence-electron chi connectivity index (χ3n) is 10.4. The third-order valence-corrected chi connectivity index (χ3v) is 10.4. The second-order valence-electron chi connectivity index (χ2n) is 14.9. The summed E-state index contributed by atoms with van der Waals surface area (Å²) in [6.45, 7) is 6.29. The molecule has 0 heterocycles. The van der Waals surface area contributed by atoms with Crippen LogP contribution in [0.25, 0.3) is 21.5 Å². The average molecular weight is 725 g/mol. The van der Waals surface area contributed by atoms with Crippen LogP contribution in [0.2, 0.25) is 0 Å².